The maximum Gasteiger partial charge on any atom is 0.313 e. The van der Waals surface area contributed by atoms with Crippen LogP contribution in [0.3, 0.4) is 0 Å². The number of benzene rings is 1. The smallest absolute Gasteiger partial charge is 0.313 e. The fourth-order valence-electron chi connectivity index (χ4n) is 1.35. The molecular weight excluding hydrogens is 232 g/mol. The lowest BCUT2D eigenvalue weighted by molar-refractivity contribution is -0.136. The molecule has 98 valence electrons. The van der Waals surface area contributed by atoms with E-state index in [-0.39, 0.29) is 0 Å². The number of rotatable bonds is 4. The van der Waals surface area contributed by atoms with Crippen LogP contribution < -0.4 is 10.6 Å². The van der Waals surface area contributed by atoms with Crippen LogP contribution in [0.1, 0.15) is 11.1 Å². The number of hydrogen-bond acceptors (Lipinski definition) is 3. The molecule has 0 spiro atoms. The lowest BCUT2D eigenvalue weighted by Crippen LogP contribution is -2.37. The number of carbonyl (C=O) groups is 2. The van der Waals surface area contributed by atoms with Crippen molar-refractivity contribution in [3.05, 3.63) is 29.3 Å². The van der Waals surface area contributed by atoms with Gasteiger partial charge < -0.3 is 15.4 Å². The molecule has 5 nitrogen and oxygen atoms in total. The van der Waals surface area contributed by atoms with Crippen molar-refractivity contribution in [1.29, 1.82) is 0 Å². The number of ether oxygens (including phenoxy) is 1. The highest BCUT2D eigenvalue weighted by Crippen LogP contribution is 2.13. The summed E-state index contributed by atoms with van der Waals surface area (Å²) < 4.78 is 4.77. The van der Waals surface area contributed by atoms with Crippen LogP contribution in [0.4, 0.5) is 5.69 Å². The summed E-state index contributed by atoms with van der Waals surface area (Å²) in [5, 5.41) is 5.00. The van der Waals surface area contributed by atoms with Crippen LogP contribution in [-0.2, 0) is 14.3 Å². The first-order chi connectivity index (χ1) is 8.54. The third kappa shape index (κ3) is 4.18. The summed E-state index contributed by atoms with van der Waals surface area (Å²) in [6.45, 7) is 4.63. The van der Waals surface area contributed by atoms with Crippen LogP contribution in [0.15, 0.2) is 18.2 Å². The van der Waals surface area contributed by atoms with Gasteiger partial charge in [-0.25, -0.2) is 0 Å². The normalized spacial score (nSPS) is 9.94. The van der Waals surface area contributed by atoms with Crippen LogP contribution in [0.25, 0.3) is 0 Å². The molecule has 5 heteroatoms. The van der Waals surface area contributed by atoms with E-state index in [1.165, 1.54) is 7.11 Å². The SMILES string of the molecule is COCCNC(=O)C(=O)Nc1ccc(C)c(C)c1. The predicted octanol–water partition coefficient (Wildman–Crippen LogP) is 1.00. The monoisotopic (exact) mass is 250 g/mol. The maximum atomic E-state index is 11.5. The summed E-state index contributed by atoms with van der Waals surface area (Å²) in [5.74, 6) is -1.33. The van der Waals surface area contributed by atoms with E-state index >= 15 is 0 Å². The molecule has 1 rings (SSSR count). The van der Waals surface area contributed by atoms with Crippen molar-refractivity contribution in [1.82, 2.24) is 5.32 Å². The van der Waals surface area contributed by atoms with Crippen molar-refractivity contribution in [3.63, 3.8) is 0 Å². The highest BCUT2D eigenvalue weighted by atomic mass is 16.5. The Morgan fingerprint density at radius 1 is 1.17 bits per heavy atom. The van der Waals surface area contributed by atoms with Crippen molar-refractivity contribution in [3.8, 4) is 0 Å². The average Bonchev–Trinajstić information content (AvgIpc) is 2.34. The second-order valence-corrected chi connectivity index (χ2v) is 4.00. The average molecular weight is 250 g/mol. The van der Waals surface area contributed by atoms with E-state index in [0.29, 0.717) is 18.8 Å². The number of anilines is 1. The highest BCUT2D eigenvalue weighted by Gasteiger charge is 2.12. The van der Waals surface area contributed by atoms with Gasteiger partial charge in [-0.2, -0.15) is 0 Å². The van der Waals surface area contributed by atoms with Gasteiger partial charge in [0, 0.05) is 19.3 Å². The molecule has 2 N–H and O–H groups in total. The molecule has 2 amide bonds. The van der Waals surface area contributed by atoms with Gasteiger partial charge >= 0.3 is 11.8 Å². The summed E-state index contributed by atoms with van der Waals surface area (Å²) in [7, 11) is 1.53. The third-order valence-corrected chi connectivity index (χ3v) is 2.56. The van der Waals surface area contributed by atoms with Gasteiger partial charge in [-0.15, -0.1) is 0 Å². The van der Waals surface area contributed by atoms with E-state index < -0.39 is 11.8 Å². The molecule has 0 aliphatic heterocycles. The molecule has 0 saturated carbocycles. The van der Waals surface area contributed by atoms with Gasteiger partial charge in [0.2, 0.25) is 0 Å². The fourth-order valence-corrected chi connectivity index (χ4v) is 1.35. The van der Waals surface area contributed by atoms with E-state index in [0.717, 1.165) is 11.1 Å². The van der Waals surface area contributed by atoms with Gasteiger partial charge in [0.1, 0.15) is 0 Å². The molecule has 0 aliphatic rings. The summed E-state index contributed by atoms with van der Waals surface area (Å²) in [6, 6.07) is 5.49. The first-order valence-electron chi connectivity index (χ1n) is 5.70. The zero-order valence-corrected chi connectivity index (χ0v) is 10.9. The highest BCUT2D eigenvalue weighted by molar-refractivity contribution is 6.39. The zero-order chi connectivity index (χ0) is 13.5. The number of carbonyl (C=O) groups excluding carboxylic acids is 2. The minimum atomic E-state index is -0.672. The van der Waals surface area contributed by atoms with Crippen molar-refractivity contribution < 1.29 is 14.3 Å². The third-order valence-electron chi connectivity index (χ3n) is 2.56. The summed E-state index contributed by atoms with van der Waals surface area (Å²) in [4.78, 5) is 22.9. The minimum Gasteiger partial charge on any atom is -0.383 e. The van der Waals surface area contributed by atoms with Crippen molar-refractivity contribution in [2.45, 2.75) is 13.8 Å². The van der Waals surface area contributed by atoms with E-state index in [9.17, 15) is 9.59 Å². The molecule has 0 bridgehead atoms. The minimum absolute atomic E-state index is 0.315. The maximum absolute atomic E-state index is 11.5. The molecule has 0 saturated heterocycles. The first kappa shape index (κ1) is 14.2. The number of amides is 2. The molecule has 1 aromatic rings. The molecule has 0 fully saturated rings. The molecule has 0 radical (unpaired) electrons. The quantitative estimate of drug-likeness (QED) is 0.619. The van der Waals surface area contributed by atoms with Crippen molar-refractivity contribution in [2.75, 3.05) is 25.6 Å². The first-order valence-corrected chi connectivity index (χ1v) is 5.70. The van der Waals surface area contributed by atoms with Crippen molar-refractivity contribution >= 4 is 17.5 Å². The molecule has 0 unspecified atom stereocenters. The Kier molecular flexibility index (Phi) is 5.32. The molecular formula is C13H18N2O3. The Morgan fingerprint density at radius 2 is 1.89 bits per heavy atom. The van der Waals surface area contributed by atoms with E-state index in [4.69, 9.17) is 4.74 Å². The number of aryl methyl sites for hydroxylation is 2. The van der Waals surface area contributed by atoms with Crippen LogP contribution >= 0.6 is 0 Å². The van der Waals surface area contributed by atoms with E-state index in [2.05, 4.69) is 10.6 Å². The van der Waals surface area contributed by atoms with Gasteiger partial charge in [-0.1, -0.05) is 6.07 Å². The Bertz CT molecular complexity index is 444. The Hall–Kier alpha value is -1.88. The number of hydrogen-bond donors (Lipinski definition) is 2. The lowest BCUT2D eigenvalue weighted by Gasteiger charge is -2.08. The van der Waals surface area contributed by atoms with Gasteiger partial charge in [0.15, 0.2) is 0 Å². The van der Waals surface area contributed by atoms with Crippen LogP contribution in [0.5, 0.6) is 0 Å². The van der Waals surface area contributed by atoms with Gasteiger partial charge in [-0.05, 0) is 37.1 Å². The van der Waals surface area contributed by atoms with E-state index in [1.54, 1.807) is 6.07 Å². The Morgan fingerprint density at radius 3 is 2.50 bits per heavy atom. The summed E-state index contributed by atoms with van der Waals surface area (Å²) >= 11 is 0. The van der Waals surface area contributed by atoms with Gasteiger partial charge in [0.25, 0.3) is 0 Å². The number of nitrogens with one attached hydrogen (secondary N) is 2. The second kappa shape index (κ2) is 6.76. The van der Waals surface area contributed by atoms with Crippen LogP contribution in [-0.4, -0.2) is 32.1 Å². The molecule has 1 aromatic carbocycles. The van der Waals surface area contributed by atoms with E-state index in [1.807, 2.05) is 26.0 Å². The topological polar surface area (TPSA) is 67.4 Å². The van der Waals surface area contributed by atoms with Crippen LogP contribution in [0, 0.1) is 13.8 Å². The lowest BCUT2D eigenvalue weighted by atomic mass is 10.1. The van der Waals surface area contributed by atoms with Crippen molar-refractivity contribution in [2.24, 2.45) is 0 Å². The Labute approximate surface area is 107 Å². The molecule has 0 heterocycles. The summed E-state index contributed by atoms with van der Waals surface area (Å²) in [5.41, 5.74) is 2.81. The standard InChI is InChI=1S/C13H18N2O3/c1-9-4-5-11(8-10(9)2)15-13(17)12(16)14-6-7-18-3/h4-5,8H,6-7H2,1-3H3,(H,14,16)(H,15,17). The predicted molar refractivity (Wildman–Crippen MR) is 69.4 cm³/mol. The molecule has 0 aliphatic carbocycles. The summed E-state index contributed by atoms with van der Waals surface area (Å²) in [6.07, 6.45) is 0. The fraction of sp³-hybridized carbons (Fsp3) is 0.385. The van der Waals surface area contributed by atoms with Gasteiger partial charge in [0.05, 0.1) is 6.61 Å². The number of methoxy groups -OCH3 is 1. The molecule has 0 atom stereocenters. The Balaban J connectivity index is 2.53. The molecule has 18 heavy (non-hydrogen) atoms. The van der Waals surface area contributed by atoms with Gasteiger partial charge in [-0.3, -0.25) is 9.59 Å². The van der Waals surface area contributed by atoms with Crippen LogP contribution in [0.2, 0.25) is 0 Å². The molecule has 0 aromatic heterocycles. The largest absolute Gasteiger partial charge is 0.383 e. The second-order valence-electron chi connectivity index (χ2n) is 4.00. The zero-order valence-electron chi connectivity index (χ0n) is 10.9.